The van der Waals surface area contributed by atoms with Gasteiger partial charge in [-0.1, -0.05) is 30.3 Å². The molecule has 1 aromatic heterocycles. The van der Waals surface area contributed by atoms with Crippen molar-refractivity contribution in [3.8, 4) is 11.1 Å². The average Bonchev–Trinajstić information content (AvgIpc) is 3.79. The first-order valence-corrected chi connectivity index (χ1v) is 16.7. The molecule has 2 aromatic carbocycles. The number of likely N-dealkylation sites (tertiary alicyclic amines) is 2. The Hall–Kier alpha value is -4.08. The van der Waals surface area contributed by atoms with E-state index in [1.54, 1.807) is 4.90 Å². The third kappa shape index (κ3) is 7.32. The molecule has 2 fully saturated rings. The summed E-state index contributed by atoms with van der Waals surface area (Å²) in [5.41, 5.74) is 4.36. The maximum atomic E-state index is 12.8. The predicted octanol–water partition coefficient (Wildman–Crippen LogP) is 7.00. The molecule has 3 aliphatic rings. The van der Waals surface area contributed by atoms with Crippen molar-refractivity contribution in [3.05, 3.63) is 53.9 Å². The van der Waals surface area contributed by atoms with Gasteiger partial charge in [-0.15, -0.1) is 0 Å². The normalized spacial score (nSPS) is 21.9. The van der Waals surface area contributed by atoms with Gasteiger partial charge in [-0.05, 0) is 109 Å². The van der Waals surface area contributed by atoms with Crippen LogP contribution in [0.25, 0.3) is 22.2 Å². The van der Waals surface area contributed by atoms with E-state index in [1.165, 1.54) is 5.56 Å². The fourth-order valence-corrected chi connectivity index (χ4v) is 6.63. The maximum absolute atomic E-state index is 12.8. The van der Waals surface area contributed by atoms with Gasteiger partial charge in [0, 0.05) is 19.1 Å². The van der Waals surface area contributed by atoms with Crippen LogP contribution in [0.1, 0.15) is 91.1 Å². The minimum Gasteiger partial charge on any atom is -0.444 e. The molecule has 246 valence electrons. The Bertz CT molecular complexity index is 1600. The van der Waals surface area contributed by atoms with Crippen LogP contribution in [0.4, 0.5) is 9.59 Å². The van der Waals surface area contributed by atoms with E-state index in [0.717, 1.165) is 78.9 Å². The van der Waals surface area contributed by atoms with Gasteiger partial charge >= 0.3 is 12.2 Å². The Morgan fingerprint density at radius 1 is 0.848 bits per heavy atom. The zero-order chi connectivity index (χ0) is 32.6. The smallest absolute Gasteiger partial charge is 0.410 e. The zero-order valence-electron chi connectivity index (χ0n) is 28.1. The lowest BCUT2D eigenvalue weighted by atomic mass is 10.0. The molecule has 3 atom stereocenters. The lowest BCUT2D eigenvalue weighted by molar-refractivity contribution is 0.0216. The number of amidine groups is 1. The van der Waals surface area contributed by atoms with Crippen molar-refractivity contribution < 1.29 is 19.1 Å². The van der Waals surface area contributed by atoms with Crippen LogP contribution in [0.3, 0.4) is 0 Å². The van der Waals surface area contributed by atoms with E-state index in [2.05, 4.69) is 46.7 Å². The molecule has 1 unspecified atom stereocenters. The highest BCUT2D eigenvalue weighted by molar-refractivity contribution is 5.92. The fraction of sp³-hybridized carbons (Fsp3) is 0.556. The summed E-state index contributed by atoms with van der Waals surface area (Å²) in [6, 6.07) is 15.2. The molecule has 2 saturated heterocycles. The number of aryl methyl sites for hydroxylation is 1. The molecule has 0 bridgehead atoms. The molecular weight excluding hydrogens is 580 g/mol. The quantitative estimate of drug-likeness (QED) is 0.304. The minimum absolute atomic E-state index is 0.0236. The molecule has 3 aliphatic heterocycles. The van der Waals surface area contributed by atoms with Crippen molar-refractivity contribution in [3.63, 3.8) is 0 Å². The number of ether oxygens (including phenoxy) is 2. The summed E-state index contributed by atoms with van der Waals surface area (Å²) in [4.78, 5) is 42.3. The lowest BCUT2D eigenvalue weighted by Crippen LogP contribution is -2.47. The number of carbonyl (C=O) groups excluding carboxylic acids is 2. The highest BCUT2D eigenvalue weighted by Crippen LogP contribution is 2.34. The zero-order valence-corrected chi connectivity index (χ0v) is 28.1. The number of aromatic nitrogens is 2. The first kappa shape index (κ1) is 31.9. The topological polar surface area (TPSA) is 112 Å². The predicted molar refractivity (Wildman–Crippen MR) is 180 cm³/mol. The van der Waals surface area contributed by atoms with Crippen molar-refractivity contribution in [1.82, 2.24) is 25.1 Å². The van der Waals surface area contributed by atoms with Gasteiger partial charge in [0.25, 0.3) is 0 Å². The molecule has 0 radical (unpaired) electrons. The van der Waals surface area contributed by atoms with Crippen LogP contribution in [0.2, 0.25) is 0 Å². The van der Waals surface area contributed by atoms with Crippen LogP contribution in [0, 0.1) is 0 Å². The van der Waals surface area contributed by atoms with E-state index < -0.39 is 11.2 Å². The number of aromatic amines is 1. The molecule has 46 heavy (non-hydrogen) atoms. The molecule has 0 spiro atoms. The van der Waals surface area contributed by atoms with E-state index in [9.17, 15) is 9.59 Å². The molecule has 10 nitrogen and oxygen atoms in total. The summed E-state index contributed by atoms with van der Waals surface area (Å²) in [5.74, 6) is 1.73. The van der Waals surface area contributed by atoms with Crippen molar-refractivity contribution in [2.45, 2.75) is 109 Å². The number of amides is 2. The Labute approximate surface area is 271 Å². The summed E-state index contributed by atoms with van der Waals surface area (Å²) in [5, 5.41) is 3.61. The molecule has 3 aromatic rings. The van der Waals surface area contributed by atoms with Gasteiger partial charge in [-0.25, -0.2) is 14.6 Å². The largest absolute Gasteiger partial charge is 0.444 e. The number of benzene rings is 2. The summed E-state index contributed by atoms with van der Waals surface area (Å²) < 4.78 is 11.3. The number of fused-ring (bicyclic) bond motifs is 1. The molecule has 6 rings (SSSR count). The molecule has 2 N–H and O–H groups in total. The monoisotopic (exact) mass is 628 g/mol. The van der Waals surface area contributed by atoms with Gasteiger partial charge < -0.3 is 19.8 Å². The number of hydrogen-bond donors (Lipinski definition) is 2. The van der Waals surface area contributed by atoms with Gasteiger partial charge in [0.15, 0.2) is 0 Å². The van der Waals surface area contributed by atoms with Crippen molar-refractivity contribution in [1.29, 1.82) is 0 Å². The van der Waals surface area contributed by atoms with Gasteiger partial charge in [-0.2, -0.15) is 0 Å². The minimum atomic E-state index is -0.532. The number of carbonyl (C=O) groups is 2. The summed E-state index contributed by atoms with van der Waals surface area (Å²) in [7, 11) is 0. The standard InChI is InChI=1S/C36H48N6O4/c1-35(2,3)45-33(43)41-19-7-9-29(41)31-37-22-26(38-31)17-13-23-11-14-24(15-12-23)25-16-18-27-28(21-25)40-32(39-27)30-10-8-20-42(30)34(44)46-36(4,5)6/h11-12,14-16,18,21,26,29-30H,7-10,13,17,19-20,22H2,1-6H3,(H,37,38)(H,39,40)/t26?,29-,30-/m0/s1. The second kappa shape index (κ2) is 12.6. The van der Waals surface area contributed by atoms with Crippen LogP contribution < -0.4 is 5.32 Å². The van der Waals surface area contributed by atoms with E-state index in [0.29, 0.717) is 13.1 Å². The number of hydrogen-bond acceptors (Lipinski definition) is 7. The molecule has 0 aliphatic carbocycles. The molecular formula is C36H48N6O4. The van der Waals surface area contributed by atoms with Crippen LogP contribution in [-0.4, -0.2) is 80.7 Å². The summed E-state index contributed by atoms with van der Waals surface area (Å²) in [6.07, 6.45) is 5.04. The highest BCUT2D eigenvalue weighted by atomic mass is 16.6. The van der Waals surface area contributed by atoms with Gasteiger partial charge in [0.05, 0.1) is 29.7 Å². The number of rotatable bonds is 6. The highest BCUT2D eigenvalue weighted by Gasteiger charge is 2.38. The van der Waals surface area contributed by atoms with Crippen molar-refractivity contribution in [2.75, 3.05) is 19.6 Å². The fourth-order valence-electron chi connectivity index (χ4n) is 6.63. The summed E-state index contributed by atoms with van der Waals surface area (Å²) in [6.45, 7) is 13.5. The third-order valence-electron chi connectivity index (χ3n) is 8.80. The number of aliphatic imine (C=N–C) groups is 1. The number of nitrogens with one attached hydrogen (secondary N) is 2. The molecule has 2 amide bonds. The number of imidazole rings is 1. The Morgan fingerprint density at radius 2 is 1.46 bits per heavy atom. The Morgan fingerprint density at radius 3 is 2.11 bits per heavy atom. The first-order valence-electron chi connectivity index (χ1n) is 16.7. The average molecular weight is 629 g/mol. The van der Waals surface area contributed by atoms with Crippen molar-refractivity contribution in [2.24, 2.45) is 4.99 Å². The van der Waals surface area contributed by atoms with Gasteiger partial charge in [-0.3, -0.25) is 14.8 Å². The van der Waals surface area contributed by atoms with E-state index >= 15 is 0 Å². The first-order chi connectivity index (χ1) is 21.8. The second-order valence-corrected chi connectivity index (χ2v) is 14.8. The van der Waals surface area contributed by atoms with Crippen LogP contribution in [-0.2, 0) is 15.9 Å². The molecule has 4 heterocycles. The van der Waals surface area contributed by atoms with E-state index in [1.807, 2.05) is 52.5 Å². The maximum Gasteiger partial charge on any atom is 0.410 e. The van der Waals surface area contributed by atoms with Crippen LogP contribution >= 0.6 is 0 Å². The van der Waals surface area contributed by atoms with Gasteiger partial charge in [0.2, 0.25) is 0 Å². The van der Waals surface area contributed by atoms with Crippen molar-refractivity contribution >= 4 is 29.1 Å². The number of nitrogens with zero attached hydrogens (tertiary/aromatic N) is 4. The second-order valence-electron chi connectivity index (χ2n) is 14.8. The summed E-state index contributed by atoms with van der Waals surface area (Å²) >= 11 is 0. The Balaban J connectivity index is 1.04. The molecule has 10 heteroatoms. The Kier molecular flexibility index (Phi) is 8.74. The lowest BCUT2D eigenvalue weighted by Gasteiger charge is -2.29. The van der Waals surface area contributed by atoms with Gasteiger partial charge in [0.1, 0.15) is 22.9 Å². The van der Waals surface area contributed by atoms with E-state index in [-0.39, 0.29) is 30.3 Å². The van der Waals surface area contributed by atoms with Crippen LogP contribution in [0.5, 0.6) is 0 Å². The number of H-pyrrole nitrogens is 1. The van der Waals surface area contributed by atoms with Crippen LogP contribution in [0.15, 0.2) is 47.5 Å². The van der Waals surface area contributed by atoms with E-state index in [4.69, 9.17) is 19.5 Å². The SMILES string of the molecule is CC(C)(C)OC(=O)N1CCC[C@H]1C1=NCC(CCc2ccc(-c3ccc4nc([C@@H]5CCCN5C(=O)OC(C)(C)C)[nH]c4c3)cc2)N1. The molecule has 0 saturated carbocycles. The third-order valence-corrected chi connectivity index (χ3v) is 8.80.